The first-order chi connectivity index (χ1) is 9.10. The minimum Gasteiger partial charge on any atom is -0.386 e. The molecule has 1 aromatic heterocycles. The van der Waals surface area contributed by atoms with Crippen LogP contribution in [0.25, 0.3) is 5.69 Å². The molecule has 0 amide bonds. The van der Waals surface area contributed by atoms with Crippen molar-refractivity contribution in [1.82, 2.24) is 9.78 Å². The number of rotatable bonds is 2. The zero-order valence-electron chi connectivity index (χ0n) is 10.7. The number of aromatic nitrogens is 2. The molecule has 3 nitrogen and oxygen atoms in total. The van der Waals surface area contributed by atoms with Crippen LogP contribution in [-0.2, 0) is 11.8 Å². The Bertz CT molecular complexity index is 609. The molecule has 0 radical (unpaired) electrons. The molecule has 0 bridgehead atoms. The van der Waals surface area contributed by atoms with Crippen molar-refractivity contribution in [2.24, 2.45) is 0 Å². The molecular formula is C13H12F4N2O. The highest BCUT2D eigenvalue weighted by Gasteiger charge is 2.42. The molecule has 0 unspecified atom stereocenters. The minimum absolute atomic E-state index is 0.0641. The SMILES string of the molecule is CC(C)(O)c1cnn(-c2ccc(F)cc2)c1C(F)(F)F. The maximum atomic E-state index is 13.2. The Morgan fingerprint density at radius 2 is 1.65 bits per heavy atom. The standard InChI is InChI=1S/C13H12F4N2O/c1-12(2,20)10-7-18-19(11(10)13(15,16)17)9-5-3-8(14)4-6-9/h3-7,20H,1-2H3. The zero-order chi connectivity index (χ0) is 15.1. The fourth-order valence-electron chi connectivity index (χ4n) is 1.85. The lowest BCUT2D eigenvalue weighted by molar-refractivity contribution is -0.145. The van der Waals surface area contributed by atoms with E-state index >= 15 is 0 Å². The number of hydrogen-bond acceptors (Lipinski definition) is 2. The van der Waals surface area contributed by atoms with Gasteiger partial charge < -0.3 is 5.11 Å². The highest BCUT2D eigenvalue weighted by Crippen LogP contribution is 2.37. The maximum Gasteiger partial charge on any atom is 0.433 e. The van der Waals surface area contributed by atoms with E-state index < -0.39 is 23.3 Å². The van der Waals surface area contributed by atoms with Gasteiger partial charge in [-0.15, -0.1) is 0 Å². The van der Waals surface area contributed by atoms with Crippen LogP contribution in [-0.4, -0.2) is 14.9 Å². The lowest BCUT2D eigenvalue weighted by atomic mass is 9.99. The Hall–Kier alpha value is -1.89. The van der Waals surface area contributed by atoms with Crippen molar-refractivity contribution < 1.29 is 22.7 Å². The molecule has 1 heterocycles. The van der Waals surface area contributed by atoms with Crippen LogP contribution >= 0.6 is 0 Å². The van der Waals surface area contributed by atoms with Crippen LogP contribution in [0.15, 0.2) is 30.5 Å². The monoisotopic (exact) mass is 288 g/mol. The molecule has 0 aliphatic carbocycles. The van der Waals surface area contributed by atoms with Crippen molar-refractivity contribution in [3.05, 3.63) is 47.5 Å². The molecule has 2 aromatic rings. The first-order valence-corrected chi connectivity index (χ1v) is 5.74. The van der Waals surface area contributed by atoms with Gasteiger partial charge in [-0.3, -0.25) is 0 Å². The molecular weight excluding hydrogens is 276 g/mol. The number of aliphatic hydroxyl groups is 1. The van der Waals surface area contributed by atoms with Crippen LogP contribution in [0.3, 0.4) is 0 Å². The van der Waals surface area contributed by atoms with Gasteiger partial charge in [0.2, 0.25) is 0 Å². The highest BCUT2D eigenvalue weighted by molar-refractivity contribution is 5.38. The molecule has 0 saturated carbocycles. The minimum atomic E-state index is -4.69. The average Bonchev–Trinajstić information content (AvgIpc) is 2.73. The second kappa shape index (κ2) is 4.59. The number of halogens is 4. The van der Waals surface area contributed by atoms with Gasteiger partial charge in [-0.25, -0.2) is 9.07 Å². The van der Waals surface area contributed by atoms with Crippen LogP contribution in [0, 0.1) is 5.82 Å². The smallest absolute Gasteiger partial charge is 0.386 e. The van der Waals surface area contributed by atoms with Gasteiger partial charge in [0, 0.05) is 5.56 Å². The quantitative estimate of drug-likeness (QED) is 0.861. The van der Waals surface area contributed by atoms with Crippen molar-refractivity contribution in [3.8, 4) is 5.69 Å². The van der Waals surface area contributed by atoms with E-state index in [-0.39, 0.29) is 11.3 Å². The van der Waals surface area contributed by atoms with Crippen molar-refractivity contribution in [1.29, 1.82) is 0 Å². The molecule has 20 heavy (non-hydrogen) atoms. The summed E-state index contributed by atoms with van der Waals surface area (Å²) in [6.07, 6.45) is -3.73. The molecule has 0 aliphatic rings. The zero-order valence-corrected chi connectivity index (χ0v) is 10.7. The normalized spacial score (nSPS) is 12.8. The molecule has 0 atom stereocenters. The summed E-state index contributed by atoms with van der Waals surface area (Å²) in [6, 6.07) is 4.46. The molecule has 2 rings (SSSR count). The number of nitrogens with zero attached hydrogens (tertiary/aromatic N) is 2. The molecule has 0 saturated heterocycles. The van der Waals surface area contributed by atoms with Gasteiger partial charge in [-0.05, 0) is 38.1 Å². The summed E-state index contributed by atoms with van der Waals surface area (Å²) in [5.41, 5.74) is -3.04. The highest BCUT2D eigenvalue weighted by atomic mass is 19.4. The van der Waals surface area contributed by atoms with E-state index in [0.29, 0.717) is 4.68 Å². The number of benzene rings is 1. The Morgan fingerprint density at radius 3 is 2.10 bits per heavy atom. The first-order valence-electron chi connectivity index (χ1n) is 5.74. The maximum absolute atomic E-state index is 13.2. The third-order valence-electron chi connectivity index (χ3n) is 2.77. The summed E-state index contributed by atoms with van der Waals surface area (Å²) in [7, 11) is 0. The molecule has 0 spiro atoms. The molecule has 7 heteroatoms. The van der Waals surface area contributed by atoms with Crippen LogP contribution in [0.2, 0.25) is 0 Å². The predicted octanol–water partition coefficient (Wildman–Crippen LogP) is 3.26. The van der Waals surface area contributed by atoms with Crippen molar-refractivity contribution >= 4 is 0 Å². The van der Waals surface area contributed by atoms with Crippen LogP contribution in [0.1, 0.15) is 25.1 Å². The van der Waals surface area contributed by atoms with Gasteiger partial charge in [-0.1, -0.05) is 0 Å². The van der Waals surface area contributed by atoms with Gasteiger partial charge in [0.15, 0.2) is 5.69 Å². The van der Waals surface area contributed by atoms with E-state index in [4.69, 9.17) is 0 Å². The fourth-order valence-corrected chi connectivity index (χ4v) is 1.85. The van der Waals surface area contributed by atoms with Crippen molar-refractivity contribution in [2.75, 3.05) is 0 Å². The lowest BCUT2D eigenvalue weighted by Gasteiger charge is -2.20. The number of alkyl halides is 3. The van der Waals surface area contributed by atoms with E-state index in [9.17, 15) is 22.7 Å². The van der Waals surface area contributed by atoms with Crippen LogP contribution in [0.5, 0.6) is 0 Å². The van der Waals surface area contributed by atoms with Gasteiger partial charge in [0.25, 0.3) is 0 Å². The van der Waals surface area contributed by atoms with Gasteiger partial charge in [-0.2, -0.15) is 18.3 Å². The van der Waals surface area contributed by atoms with Crippen LogP contribution < -0.4 is 0 Å². The summed E-state index contributed by atoms with van der Waals surface area (Å²) in [4.78, 5) is 0. The fraction of sp³-hybridized carbons (Fsp3) is 0.308. The molecule has 0 aliphatic heterocycles. The first kappa shape index (κ1) is 14.5. The Labute approximate surface area is 112 Å². The number of hydrogen-bond donors (Lipinski definition) is 1. The average molecular weight is 288 g/mol. The van der Waals surface area contributed by atoms with Gasteiger partial charge in [0.1, 0.15) is 5.82 Å². The van der Waals surface area contributed by atoms with E-state index in [2.05, 4.69) is 5.10 Å². The van der Waals surface area contributed by atoms with Crippen molar-refractivity contribution in [3.63, 3.8) is 0 Å². The second-order valence-electron chi connectivity index (χ2n) is 4.85. The molecule has 1 aromatic carbocycles. The summed E-state index contributed by atoms with van der Waals surface area (Å²) < 4.78 is 53.1. The largest absolute Gasteiger partial charge is 0.433 e. The summed E-state index contributed by atoms with van der Waals surface area (Å²) in [5.74, 6) is -0.558. The van der Waals surface area contributed by atoms with E-state index in [1.54, 1.807) is 0 Å². The van der Waals surface area contributed by atoms with Gasteiger partial charge in [0.05, 0.1) is 17.5 Å². The summed E-state index contributed by atoms with van der Waals surface area (Å²) in [6.45, 7) is 2.49. The van der Waals surface area contributed by atoms with E-state index in [0.717, 1.165) is 18.3 Å². The van der Waals surface area contributed by atoms with Crippen molar-refractivity contribution in [2.45, 2.75) is 25.6 Å². The third-order valence-corrected chi connectivity index (χ3v) is 2.77. The van der Waals surface area contributed by atoms with E-state index in [1.165, 1.54) is 26.0 Å². The van der Waals surface area contributed by atoms with Crippen LogP contribution in [0.4, 0.5) is 17.6 Å². The summed E-state index contributed by atoms with van der Waals surface area (Å²) in [5, 5.41) is 13.5. The third kappa shape index (κ3) is 2.67. The molecule has 0 fully saturated rings. The molecule has 108 valence electrons. The Morgan fingerprint density at radius 1 is 1.10 bits per heavy atom. The summed E-state index contributed by atoms with van der Waals surface area (Å²) >= 11 is 0. The molecule has 1 N–H and O–H groups in total. The van der Waals surface area contributed by atoms with Gasteiger partial charge >= 0.3 is 6.18 Å². The predicted molar refractivity (Wildman–Crippen MR) is 63.8 cm³/mol. The lowest BCUT2D eigenvalue weighted by Crippen LogP contribution is -2.23. The topological polar surface area (TPSA) is 38.1 Å². The second-order valence-corrected chi connectivity index (χ2v) is 4.85. The Balaban J connectivity index is 2.66. The Kier molecular flexibility index (Phi) is 3.33. The van der Waals surface area contributed by atoms with E-state index in [1.807, 2.05) is 0 Å².